The number of rotatable bonds is 2. The van der Waals surface area contributed by atoms with Crippen LogP contribution in [0.3, 0.4) is 0 Å². The van der Waals surface area contributed by atoms with Gasteiger partial charge in [0, 0.05) is 5.75 Å². The van der Waals surface area contributed by atoms with E-state index >= 15 is 0 Å². The summed E-state index contributed by atoms with van der Waals surface area (Å²) in [4.78, 5) is 19.7. The molecular formula is C9H10N4O3S2. The Kier molecular flexibility index (Phi) is 2.98. The molecule has 1 aliphatic heterocycles. The number of ether oxygens (including phenoxy) is 1. The summed E-state index contributed by atoms with van der Waals surface area (Å²) in [6.45, 7) is -0.0743. The van der Waals surface area contributed by atoms with E-state index in [1.807, 2.05) is 0 Å². The number of anilines is 1. The third kappa shape index (κ3) is 1.88. The van der Waals surface area contributed by atoms with E-state index in [1.54, 1.807) is 0 Å². The van der Waals surface area contributed by atoms with Gasteiger partial charge in [-0.25, -0.2) is 4.98 Å². The van der Waals surface area contributed by atoms with E-state index in [0.717, 1.165) is 11.3 Å². The van der Waals surface area contributed by atoms with Crippen molar-refractivity contribution in [3.05, 3.63) is 15.9 Å². The molecule has 0 amide bonds. The molecule has 3 heterocycles. The third-order valence-corrected chi connectivity index (χ3v) is 4.54. The van der Waals surface area contributed by atoms with E-state index in [4.69, 9.17) is 15.6 Å². The summed E-state index contributed by atoms with van der Waals surface area (Å²) in [5, 5.41) is 9.03. The predicted molar refractivity (Wildman–Crippen MR) is 69.5 cm³/mol. The van der Waals surface area contributed by atoms with Gasteiger partial charge in [-0.1, -0.05) is 11.3 Å². The van der Waals surface area contributed by atoms with E-state index in [1.165, 1.54) is 22.5 Å². The minimum Gasteiger partial charge on any atom is -0.393 e. The lowest BCUT2D eigenvalue weighted by molar-refractivity contribution is -0.00274. The van der Waals surface area contributed by atoms with E-state index in [-0.39, 0.29) is 22.9 Å². The Labute approximate surface area is 110 Å². The van der Waals surface area contributed by atoms with Crippen LogP contribution in [0.2, 0.25) is 0 Å². The highest BCUT2D eigenvalue weighted by Crippen LogP contribution is 2.32. The molecule has 9 heteroatoms. The molecule has 18 heavy (non-hydrogen) atoms. The maximum Gasteiger partial charge on any atom is 0.311 e. The van der Waals surface area contributed by atoms with Crippen molar-refractivity contribution in [2.45, 2.75) is 11.7 Å². The van der Waals surface area contributed by atoms with Gasteiger partial charge in [0.15, 0.2) is 5.65 Å². The lowest BCUT2D eigenvalue weighted by Crippen LogP contribution is -2.22. The average Bonchev–Trinajstić information content (AvgIpc) is 2.92. The SMILES string of the molecule is Nc1ncc2sc(=O)n([C@H]3CS[C@@H](CO)O3)c2n1. The number of aromatic nitrogens is 3. The van der Waals surface area contributed by atoms with Crippen molar-refractivity contribution in [2.24, 2.45) is 0 Å². The number of aliphatic hydroxyl groups is 1. The second-order valence-corrected chi connectivity index (χ2v) is 5.88. The highest BCUT2D eigenvalue weighted by atomic mass is 32.2. The lowest BCUT2D eigenvalue weighted by Gasteiger charge is -2.12. The van der Waals surface area contributed by atoms with Crippen molar-refractivity contribution >= 4 is 39.4 Å². The molecule has 1 saturated heterocycles. The van der Waals surface area contributed by atoms with E-state index in [2.05, 4.69) is 9.97 Å². The fraction of sp³-hybridized carbons (Fsp3) is 0.444. The second kappa shape index (κ2) is 4.50. The van der Waals surface area contributed by atoms with Gasteiger partial charge < -0.3 is 15.6 Å². The summed E-state index contributed by atoms with van der Waals surface area (Å²) in [6, 6.07) is 0. The van der Waals surface area contributed by atoms with Crippen LogP contribution in [0.1, 0.15) is 6.23 Å². The zero-order valence-corrected chi connectivity index (χ0v) is 10.8. The number of thioether (sulfide) groups is 1. The minimum absolute atomic E-state index is 0.0743. The maximum absolute atomic E-state index is 12.0. The molecule has 2 atom stereocenters. The Hall–Kier alpha value is -1.16. The molecular weight excluding hydrogens is 276 g/mol. The Bertz CT molecular complexity index is 640. The predicted octanol–water partition coefficient (Wildman–Crippen LogP) is 0.0156. The van der Waals surface area contributed by atoms with Crippen LogP contribution >= 0.6 is 23.1 Å². The smallest absolute Gasteiger partial charge is 0.311 e. The zero-order valence-electron chi connectivity index (χ0n) is 9.15. The van der Waals surface area contributed by atoms with Crippen LogP contribution in [-0.2, 0) is 4.74 Å². The summed E-state index contributed by atoms with van der Waals surface area (Å²) in [5.74, 6) is 0.722. The number of aliphatic hydroxyl groups excluding tert-OH is 1. The van der Waals surface area contributed by atoms with E-state index in [0.29, 0.717) is 16.1 Å². The van der Waals surface area contributed by atoms with Gasteiger partial charge in [-0.3, -0.25) is 9.36 Å². The van der Waals surface area contributed by atoms with Crippen molar-refractivity contribution < 1.29 is 9.84 Å². The van der Waals surface area contributed by atoms with Gasteiger partial charge in [0.25, 0.3) is 0 Å². The summed E-state index contributed by atoms with van der Waals surface area (Å²) in [5.41, 5.74) is 5.73. The van der Waals surface area contributed by atoms with Crippen molar-refractivity contribution in [3.8, 4) is 0 Å². The molecule has 0 spiro atoms. The van der Waals surface area contributed by atoms with Crippen LogP contribution in [0.15, 0.2) is 11.0 Å². The first kappa shape index (κ1) is 11.9. The third-order valence-electron chi connectivity index (χ3n) is 2.55. The average molecular weight is 286 g/mol. The number of thiazole rings is 1. The summed E-state index contributed by atoms with van der Waals surface area (Å²) < 4.78 is 7.71. The van der Waals surface area contributed by atoms with Gasteiger partial charge in [0.1, 0.15) is 11.7 Å². The highest BCUT2D eigenvalue weighted by Gasteiger charge is 2.29. The molecule has 2 aromatic rings. The van der Waals surface area contributed by atoms with Crippen molar-refractivity contribution in [2.75, 3.05) is 18.1 Å². The molecule has 0 bridgehead atoms. The first-order chi connectivity index (χ1) is 8.69. The Morgan fingerprint density at radius 2 is 2.50 bits per heavy atom. The van der Waals surface area contributed by atoms with Crippen LogP contribution in [0.4, 0.5) is 5.95 Å². The fourth-order valence-electron chi connectivity index (χ4n) is 1.78. The first-order valence-electron chi connectivity index (χ1n) is 5.20. The number of hydrogen-bond donors (Lipinski definition) is 2. The lowest BCUT2D eigenvalue weighted by atomic mass is 10.5. The van der Waals surface area contributed by atoms with Gasteiger partial charge in [-0.15, -0.1) is 11.8 Å². The molecule has 3 rings (SSSR count). The molecule has 2 aromatic heterocycles. The molecule has 0 radical (unpaired) electrons. The van der Waals surface area contributed by atoms with Crippen molar-refractivity contribution in [1.29, 1.82) is 0 Å². The standard InChI is InChI=1S/C9H10N4O3S2/c10-8-11-1-4-7(12-8)13(9(15)18-4)5-3-17-6(2-14)16-5/h1,5-6,14H,2-3H2,(H2,10,11,12)/t5-,6+/m1/s1. The first-order valence-corrected chi connectivity index (χ1v) is 7.07. The van der Waals surface area contributed by atoms with Gasteiger partial charge in [-0.05, 0) is 0 Å². The van der Waals surface area contributed by atoms with E-state index in [9.17, 15) is 4.79 Å². The topological polar surface area (TPSA) is 103 Å². The molecule has 0 aliphatic carbocycles. The van der Waals surface area contributed by atoms with Crippen LogP contribution in [0.25, 0.3) is 10.3 Å². The molecule has 3 N–H and O–H groups in total. The number of nitrogens with two attached hydrogens (primary N) is 1. The fourth-order valence-corrected chi connectivity index (χ4v) is 3.53. The largest absolute Gasteiger partial charge is 0.393 e. The summed E-state index contributed by atoms with van der Waals surface area (Å²) >= 11 is 2.53. The number of fused-ring (bicyclic) bond motifs is 1. The maximum atomic E-state index is 12.0. The van der Waals surface area contributed by atoms with Crippen LogP contribution in [-0.4, -0.2) is 37.4 Å². The Morgan fingerprint density at radius 1 is 1.67 bits per heavy atom. The van der Waals surface area contributed by atoms with Gasteiger partial charge in [0.05, 0.1) is 17.5 Å². The normalized spacial score (nSPS) is 23.8. The van der Waals surface area contributed by atoms with Crippen LogP contribution < -0.4 is 10.6 Å². The van der Waals surface area contributed by atoms with Crippen LogP contribution in [0, 0.1) is 0 Å². The molecule has 1 aliphatic rings. The monoisotopic (exact) mass is 286 g/mol. The van der Waals surface area contributed by atoms with E-state index < -0.39 is 6.23 Å². The number of hydrogen-bond acceptors (Lipinski definition) is 8. The molecule has 7 nitrogen and oxygen atoms in total. The number of nitrogen functional groups attached to an aromatic ring is 1. The van der Waals surface area contributed by atoms with Gasteiger partial charge >= 0.3 is 4.87 Å². The molecule has 0 aromatic carbocycles. The zero-order chi connectivity index (χ0) is 12.7. The van der Waals surface area contributed by atoms with Crippen LogP contribution in [0.5, 0.6) is 0 Å². The van der Waals surface area contributed by atoms with Gasteiger partial charge in [0.2, 0.25) is 5.95 Å². The van der Waals surface area contributed by atoms with Crippen molar-refractivity contribution in [1.82, 2.24) is 14.5 Å². The summed E-state index contributed by atoms with van der Waals surface area (Å²) in [7, 11) is 0. The molecule has 0 saturated carbocycles. The Balaban J connectivity index is 2.08. The number of nitrogens with zero attached hydrogens (tertiary/aromatic N) is 3. The minimum atomic E-state index is -0.414. The molecule has 96 valence electrons. The molecule has 1 fully saturated rings. The second-order valence-electron chi connectivity index (χ2n) is 3.69. The summed E-state index contributed by atoms with van der Waals surface area (Å²) in [6.07, 6.45) is 1.12. The molecule has 0 unspecified atom stereocenters. The Morgan fingerprint density at radius 3 is 3.22 bits per heavy atom. The quantitative estimate of drug-likeness (QED) is 0.801. The van der Waals surface area contributed by atoms with Gasteiger partial charge in [-0.2, -0.15) is 4.98 Å². The van der Waals surface area contributed by atoms with Crippen molar-refractivity contribution in [3.63, 3.8) is 0 Å². The highest BCUT2D eigenvalue weighted by molar-refractivity contribution is 8.00.